The van der Waals surface area contributed by atoms with Gasteiger partial charge >= 0.3 is 12.1 Å². The molecule has 2 N–H and O–H groups in total. The van der Waals surface area contributed by atoms with Gasteiger partial charge in [-0.2, -0.15) is 13.2 Å². The van der Waals surface area contributed by atoms with E-state index in [1.54, 1.807) is 43.3 Å². The average Bonchev–Trinajstić information content (AvgIpc) is 2.53. The van der Waals surface area contributed by atoms with Gasteiger partial charge in [0.2, 0.25) is 0 Å². The Balaban J connectivity index is 3.08. The number of alkyl halides is 3. The van der Waals surface area contributed by atoms with Crippen LogP contribution in [0, 0.1) is 0 Å². The topological polar surface area (TPSA) is 58.6 Å². The Hall–Kier alpha value is -1.86. The van der Waals surface area contributed by atoms with Crippen LogP contribution in [-0.2, 0) is 9.53 Å². The number of aliphatic hydroxyl groups excluding tert-OH is 1. The van der Waals surface area contributed by atoms with E-state index in [2.05, 4.69) is 6.58 Å². The monoisotopic (exact) mass is 359 g/mol. The van der Waals surface area contributed by atoms with Crippen molar-refractivity contribution in [1.29, 1.82) is 0 Å². The van der Waals surface area contributed by atoms with E-state index in [1.807, 2.05) is 5.32 Å². The third kappa shape index (κ3) is 6.51. The summed E-state index contributed by atoms with van der Waals surface area (Å²) in [4.78, 5) is 11.3. The molecule has 25 heavy (non-hydrogen) atoms. The number of aliphatic hydroxyl groups is 1. The van der Waals surface area contributed by atoms with E-state index in [9.17, 15) is 23.1 Å². The zero-order valence-corrected chi connectivity index (χ0v) is 14.3. The Morgan fingerprint density at radius 1 is 1.36 bits per heavy atom. The zero-order valence-electron chi connectivity index (χ0n) is 14.3. The highest BCUT2D eigenvalue weighted by Crippen LogP contribution is 2.32. The molecule has 0 heterocycles. The highest BCUT2D eigenvalue weighted by atomic mass is 19.4. The number of ether oxygens (including phenoxy) is 1. The molecule has 7 heteroatoms. The fraction of sp³-hybridized carbons (Fsp3) is 0.500. The lowest BCUT2D eigenvalue weighted by Crippen LogP contribution is -2.46. The van der Waals surface area contributed by atoms with Crippen LogP contribution in [0.1, 0.15) is 38.4 Å². The standard InChI is InChI=1S/C18H24F3NO3/c1-4-10-17(3,11-12-23)25-15(14-8-6-5-7-9-14)13(2)22-16(24)18(19,20)21/h4-9,13,15,23H,1,10-12H2,2-3H3,(H,22,24)/t13-,15+,17-/m0/s1. The number of hydrogen-bond acceptors (Lipinski definition) is 3. The van der Waals surface area contributed by atoms with Crippen LogP contribution in [0.25, 0.3) is 0 Å². The molecule has 0 bridgehead atoms. The van der Waals surface area contributed by atoms with Crippen LogP contribution in [-0.4, -0.2) is 35.4 Å². The van der Waals surface area contributed by atoms with Crippen LogP contribution in [0.4, 0.5) is 13.2 Å². The van der Waals surface area contributed by atoms with Gasteiger partial charge in [-0.25, -0.2) is 0 Å². The number of carbonyl (C=O) groups excluding carboxylic acids is 1. The number of hydrogen-bond donors (Lipinski definition) is 2. The van der Waals surface area contributed by atoms with Crippen molar-refractivity contribution in [2.45, 2.75) is 50.6 Å². The van der Waals surface area contributed by atoms with Crippen molar-refractivity contribution >= 4 is 5.91 Å². The fourth-order valence-electron chi connectivity index (χ4n) is 2.52. The van der Waals surface area contributed by atoms with Crippen LogP contribution >= 0.6 is 0 Å². The number of benzene rings is 1. The van der Waals surface area contributed by atoms with E-state index in [-0.39, 0.29) is 13.0 Å². The summed E-state index contributed by atoms with van der Waals surface area (Å²) in [6, 6.07) is 7.75. The molecule has 0 radical (unpaired) electrons. The van der Waals surface area contributed by atoms with Crippen molar-refractivity contribution in [3.63, 3.8) is 0 Å². The highest BCUT2D eigenvalue weighted by molar-refractivity contribution is 5.82. The Kier molecular flexibility index (Phi) is 7.63. The molecule has 1 amide bonds. The number of amides is 1. The summed E-state index contributed by atoms with van der Waals surface area (Å²) < 4.78 is 43.7. The lowest BCUT2D eigenvalue weighted by Gasteiger charge is -2.36. The largest absolute Gasteiger partial charge is 0.471 e. The number of carbonyl (C=O) groups is 1. The van der Waals surface area contributed by atoms with Gasteiger partial charge in [-0.05, 0) is 32.3 Å². The molecular weight excluding hydrogens is 335 g/mol. The Morgan fingerprint density at radius 3 is 2.44 bits per heavy atom. The van der Waals surface area contributed by atoms with Crippen molar-refractivity contribution in [3.8, 4) is 0 Å². The normalized spacial score (nSPS) is 16.6. The first-order valence-electron chi connectivity index (χ1n) is 7.95. The molecule has 140 valence electrons. The SMILES string of the molecule is C=CC[C@@](C)(CCO)O[C@@H](c1ccccc1)[C@H](C)NC(=O)C(F)(F)F. The molecule has 3 atom stereocenters. The fourth-order valence-corrected chi connectivity index (χ4v) is 2.52. The molecule has 0 fully saturated rings. The summed E-state index contributed by atoms with van der Waals surface area (Å²) in [5.74, 6) is -2.02. The molecule has 1 aromatic carbocycles. The van der Waals surface area contributed by atoms with Crippen LogP contribution in [0.5, 0.6) is 0 Å². The second-order valence-corrected chi connectivity index (χ2v) is 6.13. The maximum Gasteiger partial charge on any atom is 0.471 e. The van der Waals surface area contributed by atoms with Crippen molar-refractivity contribution in [3.05, 3.63) is 48.6 Å². The third-order valence-corrected chi connectivity index (χ3v) is 3.83. The first-order valence-corrected chi connectivity index (χ1v) is 7.95. The van der Waals surface area contributed by atoms with Crippen LogP contribution in [0.15, 0.2) is 43.0 Å². The van der Waals surface area contributed by atoms with Crippen LogP contribution in [0.3, 0.4) is 0 Å². The Bertz CT molecular complexity index is 562. The molecule has 1 aromatic rings. The molecule has 0 aromatic heterocycles. The Morgan fingerprint density at radius 2 is 1.96 bits per heavy atom. The number of rotatable bonds is 9. The molecule has 0 saturated carbocycles. The number of nitrogens with one attached hydrogen (secondary N) is 1. The minimum absolute atomic E-state index is 0.144. The van der Waals surface area contributed by atoms with Crippen molar-refractivity contribution in [2.24, 2.45) is 0 Å². The van der Waals surface area contributed by atoms with Gasteiger partial charge in [-0.15, -0.1) is 6.58 Å². The quantitative estimate of drug-likeness (QED) is 0.663. The molecular formula is C18H24F3NO3. The minimum atomic E-state index is -4.97. The third-order valence-electron chi connectivity index (χ3n) is 3.83. The first-order chi connectivity index (χ1) is 11.6. The van der Waals surface area contributed by atoms with Gasteiger partial charge in [0.15, 0.2) is 0 Å². The van der Waals surface area contributed by atoms with Gasteiger partial charge in [0.1, 0.15) is 6.10 Å². The summed E-state index contributed by atoms with van der Waals surface area (Å²) in [5, 5.41) is 11.2. The smallest absolute Gasteiger partial charge is 0.396 e. The summed E-state index contributed by atoms with van der Waals surface area (Å²) >= 11 is 0. The second-order valence-electron chi connectivity index (χ2n) is 6.13. The van der Waals surface area contributed by atoms with Gasteiger partial charge in [0, 0.05) is 6.61 Å². The van der Waals surface area contributed by atoms with Crippen LogP contribution < -0.4 is 5.32 Å². The van der Waals surface area contributed by atoms with E-state index < -0.39 is 29.8 Å². The molecule has 0 spiro atoms. The minimum Gasteiger partial charge on any atom is -0.396 e. The van der Waals surface area contributed by atoms with E-state index >= 15 is 0 Å². The molecule has 0 saturated heterocycles. The van der Waals surface area contributed by atoms with Gasteiger partial charge in [0.05, 0.1) is 11.6 Å². The van der Waals surface area contributed by atoms with Crippen molar-refractivity contribution < 1.29 is 27.8 Å². The molecule has 0 aliphatic rings. The predicted molar refractivity (Wildman–Crippen MR) is 88.8 cm³/mol. The maximum atomic E-state index is 12.6. The van der Waals surface area contributed by atoms with Crippen LogP contribution in [0.2, 0.25) is 0 Å². The van der Waals surface area contributed by atoms with Gasteiger partial charge in [0.25, 0.3) is 0 Å². The van der Waals surface area contributed by atoms with E-state index in [4.69, 9.17) is 4.74 Å². The van der Waals surface area contributed by atoms with Gasteiger partial charge in [-0.1, -0.05) is 36.4 Å². The molecule has 1 rings (SSSR count). The van der Waals surface area contributed by atoms with E-state index in [0.717, 1.165) is 0 Å². The summed E-state index contributed by atoms with van der Waals surface area (Å²) in [5.41, 5.74) is -0.195. The Labute approximate surface area is 145 Å². The lowest BCUT2D eigenvalue weighted by atomic mass is 9.95. The predicted octanol–water partition coefficient (Wildman–Crippen LogP) is 3.53. The van der Waals surface area contributed by atoms with Gasteiger partial charge < -0.3 is 15.2 Å². The maximum absolute atomic E-state index is 12.6. The zero-order chi connectivity index (χ0) is 19.1. The molecule has 0 unspecified atom stereocenters. The summed E-state index contributed by atoms with van der Waals surface area (Å²) in [7, 11) is 0. The number of halogens is 3. The lowest BCUT2D eigenvalue weighted by molar-refractivity contribution is -0.176. The van der Waals surface area contributed by atoms with Crippen molar-refractivity contribution in [2.75, 3.05) is 6.61 Å². The van der Waals surface area contributed by atoms with Gasteiger partial charge in [-0.3, -0.25) is 4.79 Å². The average molecular weight is 359 g/mol. The van der Waals surface area contributed by atoms with Crippen molar-refractivity contribution in [1.82, 2.24) is 5.32 Å². The molecule has 0 aliphatic heterocycles. The van der Waals surface area contributed by atoms with E-state index in [1.165, 1.54) is 6.92 Å². The van der Waals surface area contributed by atoms with E-state index in [0.29, 0.717) is 12.0 Å². The summed E-state index contributed by atoms with van der Waals surface area (Å²) in [6.07, 6.45) is -3.48. The second kappa shape index (κ2) is 9.01. The molecule has 4 nitrogen and oxygen atoms in total. The summed E-state index contributed by atoms with van der Waals surface area (Å²) in [6.45, 7) is 6.71. The molecule has 0 aliphatic carbocycles. The first kappa shape index (κ1) is 21.2. The highest BCUT2D eigenvalue weighted by Gasteiger charge is 2.41.